The number of aromatic hydroxyl groups is 1. The van der Waals surface area contributed by atoms with Crippen LogP contribution in [-0.4, -0.2) is 5.11 Å². The summed E-state index contributed by atoms with van der Waals surface area (Å²) in [5.41, 5.74) is 3.38. The molecular weight excluding hydrogens is 229 g/mol. The second-order valence-electron chi connectivity index (χ2n) is 4.45. The average molecular weight is 245 g/mol. The highest BCUT2D eigenvalue weighted by atomic mass is 19.1. The minimum Gasteiger partial charge on any atom is -0.508 e. The summed E-state index contributed by atoms with van der Waals surface area (Å²) in [4.78, 5) is 0. The van der Waals surface area contributed by atoms with Gasteiger partial charge in [-0.3, -0.25) is 0 Å². The zero-order chi connectivity index (χ0) is 13.1. The minimum atomic E-state index is -0.209. The molecule has 2 rings (SSSR count). The van der Waals surface area contributed by atoms with E-state index in [9.17, 15) is 9.50 Å². The number of rotatable bonds is 3. The number of halogens is 1. The fourth-order valence-electron chi connectivity index (χ4n) is 1.81. The summed E-state index contributed by atoms with van der Waals surface area (Å²) >= 11 is 0. The van der Waals surface area contributed by atoms with E-state index in [0.717, 1.165) is 16.8 Å². The monoisotopic (exact) mass is 245 g/mol. The molecule has 0 bridgehead atoms. The van der Waals surface area contributed by atoms with Crippen molar-refractivity contribution < 1.29 is 9.50 Å². The molecule has 0 saturated heterocycles. The van der Waals surface area contributed by atoms with E-state index >= 15 is 0 Å². The molecule has 2 N–H and O–H groups in total. The molecule has 0 spiro atoms. The Labute approximate surface area is 106 Å². The summed E-state index contributed by atoms with van der Waals surface area (Å²) in [6.45, 7) is 4.22. The molecule has 0 fully saturated rings. The zero-order valence-electron chi connectivity index (χ0n) is 10.5. The van der Waals surface area contributed by atoms with Crippen LogP contribution in [0.2, 0.25) is 0 Å². The van der Waals surface area contributed by atoms with Crippen molar-refractivity contribution in [2.75, 3.05) is 5.32 Å². The van der Waals surface area contributed by atoms with Crippen molar-refractivity contribution in [3.8, 4) is 5.75 Å². The van der Waals surface area contributed by atoms with Gasteiger partial charge in [-0.05, 0) is 43.7 Å². The molecule has 0 aliphatic heterocycles. The fraction of sp³-hybridized carbons (Fsp3) is 0.200. The molecule has 0 heterocycles. The third-order valence-corrected chi connectivity index (χ3v) is 2.88. The fourth-order valence-corrected chi connectivity index (χ4v) is 1.81. The van der Waals surface area contributed by atoms with Crippen molar-refractivity contribution in [2.45, 2.75) is 20.4 Å². The van der Waals surface area contributed by atoms with E-state index < -0.39 is 0 Å². The lowest BCUT2D eigenvalue weighted by atomic mass is 10.1. The van der Waals surface area contributed by atoms with Gasteiger partial charge in [0.25, 0.3) is 0 Å². The standard InChI is InChI=1S/C15H16FNO/c1-10-3-6-15(18)12(7-10)9-17-13-4-5-14(16)11(2)8-13/h3-8,17-18H,9H2,1-2H3. The van der Waals surface area contributed by atoms with E-state index in [-0.39, 0.29) is 11.6 Å². The summed E-state index contributed by atoms with van der Waals surface area (Å²) in [5, 5.41) is 12.9. The van der Waals surface area contributed by atoms with Crippen LogP contribution in [0.1, 0.15) is 16.7 Å². The third-order valence-electron chi connectivity index (χ3n) is 2.88. The molecule has 18 heavy (non-hydrogen) atoms. The maximum Gasteiger partial charge on any atom is 0.126 e. The molecule has 3 heteroatoms. The highest BCUT2D eigenvalue weighted by molar-refractivity contribution is 5.47. The van der Waals surface area contributed by atoms with Gasteiger partial charge < -0.3 is 10.4 Å². The third kappa shape index (κ3) is 2.80. The molecule has 0 aliphatic carbocycles. The SMILES string of the molecule is Cc1ccc(O)c(CNc2ccc(F)c(C)c2)c1. The molecule has 2 nitrogen and oxygen atoms in total. The number of aryl methyl sites for hydroxylation is 2. The van der Waals surface area contributed by atoms with Crippen molar-refractivity contribution >= 4 is 5.69 Å². The van der Waals surface area contributed by atoms with Gasteiger partial charge in [0.1, 0.15) is 11.6 Å². The van der Waals surface area contributed by atoms with E-state index in [1.54, 1.807) is 25.1 Å². The van der Waals surface area contributed by atoms with Crippen LogP contribution in [0.5, 0.6) is 5.75 Å². The summed E-state index contributed by atoms with van der Waals surface area (Å²) in [6, 6.07) is 10.4. The predicted molar refractivity (Wildman–Crippen MR) is 71.3 cm³/mol. The number of phenols is 1. The van der Waals surface area contributed by atoms with Crippen LogP contribution in [0.15, 0.2) is 36.4 Å². The van der Waals surface area contributed by atoms with Crippen LogP contribution < -0.4 is 5.32 Å². The first-order chi connectivity index (χ1) is 8.56. The number of benzene rings is 2. The Kier molecular flexibility index (Phi) is 3.51. The van der Waals surface area contributed by atoms with Gasteiger partial charge in [0.05, 0.1) is 0 Å². The molecular formula is C15H16FNO. The minimum absolute atomic E-state index is 0.209. The number of hydrogen-bond acceptors (Lipinski definition) is 2. The molecule has 94 valence electrons. The van der Waals surface area contributed by atoms with Crippen molar-refractivity contribution in [2.24, 2.45) is 0 Å². The summed E-state index contributed by atoms with van der Waals surface area (Å²) in [6.07, 6.45) is 0. The number of hydrogen-bond donors (Lipinski definition) is 2. The smallest absolute Gasteiger partial charge is 0.126 e. The number of phenolic OH excluding ortho intramolecular Hbond substituents is 1. The molecule has 2 aromatic rings. The Morgan fingerprint density at radius 2 is 1.89 bits per heavy atom. The van der Waals surface area contributed by atoms with Gasteiger partial charge >= 0.3 is 0 Å². The number of nitrogens with one attached hydrogen (secondary N) is 1. The number of anilines is 1. The van der Waals surface area contributed by atoms with Gasteiger partial charge in [0, 0.05) is 17.8 Å². The van der Waals surface area contributed by atoms with E-state index in [0.29, 0.717) is 12.1 Å². The summed E-state index contributed by atoms with van der Waals surface area (Å²) in [7, 11) is 0. The molecule has 0 unspecified atom stereocenters. The van der Waals surface area contributed by atoms with E-state index in [1.807, 2.05) is 19.1 Å². The van der Waals surface area contributed by atoms with Crippen molar-refractivity contribution in [3.63, 3.8) is 0 Å². The first kappa shape index (κ1) is 12.4. The first-order valence-electron chi connectivity index (χ1n) is 5.85. The van der Waals surface area contributed by atoms with Gasteiger partial charge in [-0.15, -0.1) is 0 Å². The highest BCUT2D eigenvalue weighted by Crippen LogP contribution is 2.20. The lowest BCUT2D eigenvalue weighted by Crippen LogP contribution is -2.00. The van der Waals surface area contributed by atoms with Crippen LogP contribution in [0.4, 0.5) is 10.1 Å². The molecule has 0 aliphatic rings. The van der Waals surface area contributed by atoms with Gasteiger partial charge in [0.15, 0.2) is 0 Å². The zero-order valence-corrected chi connectivity index (χ0v) is 10.5. The Balaban J connectivity index is 2.11. The largest absolute Gasteiger partial charge is 0.508 e. The highest BCUT2D eigenvalue weighted by Gasteiger charge is 2.02. The van der Waals surface area contributed by atoms with Crippen molar-refractivity contribution in [1.82, 2.24) is 0 Å². The Morgan fingerprint density at radius 1 is 1.11 bits per heavy atom. The maximum absolute atomic E-state index is 13.1. The predicted octanol–water partition coefficient (Wildman–Crippen LogP) is 3.76. The molecule has 0 amide bonds. The second-order valence-corrected chi connectivity index (χ2v) is 4.45. The molecule has 0 aromatic heterocycles. The molecule has 0 radical (unpaired) electrons. The van der Waals surface area contributed by atoms with E-state index in [1.165, 1.54) is 6.07 Å². The lowest BCUT2D eigenvalue weighted by Gasteiger charge is -2.10. The van der Waals surface area contributed by atoms with Gasteiger partial charge in [-0.1, -0.05) is 17.7 Å². The van der Waals surface area contributed by atoms with Gasteiger partial charge in [-0.2, -0.15) is 0 Å². The van der Waals surface area contributed by atoms with E-state index in [4.69, 9.17) is 0 Å². The van der Waals surface area contributed by atoms with Crippen LogP contribution in [0, 0.1) is 19.7 Å². The lowest BCUT2D eigenvalue weighted by molar-refractivity contribution is 0.469. The Morgan fingerprint density at radius 3 is 2.61 bits per heavy atom. The topological polar surface area (TPSA) is 32.3 Å². The first-order valence-corrected chi connectivity index (χ1v) is 5.85. The summed E-state index contributed by atoms with van der Waals surface area (Å²) in [5.74, 6) is 0.0610. The van der Waals surface area contributed by atoms with Crippen LogP contribution in [-0.2, 0) is 6.54 Å². The maximum atomic E-state index is 13.1. The molecule has 2 aromatic carbocycles. The molecule has 0 saturated carbocycles. The van der Waals surface area contributed by atoms with Gasteiger partial charge in [0.2, 0.25) is 0 Å². The average Bonchev–Trinajstić information content (AvgIpc) is 2.34. The summed E-state index contributed by atoms with van der Waals surface area (Å²) < 4.78 is 13.1. The normalized spacial score (nSPS) is 10.4. The Bertz CT molecular complexity index is 566. The van der Waals surface area contributed by atoms with Crippen LogP contribution in [0.3, 0.4) is 0 Å². The van der Waals surface area contributed by atoms with Gasteiger partial charge in [-0.25, -0.2) is 4.39 Å². The van der Waals surface area contributed by atoms with Crippen LogP contribution >= 0.6 is 0 Å². The van der Waals surface area contributed by atoms with Crippen molar-refractivity contribution in [1.29, 1.82) is 0 Å². The van der Waals surface area contributed by atoms with E-state index in [2.05, 4.69) is 5.32 Å². The van der Waals surface area contributed by atoms with Crippen molar-refractivity contribution in [3.05, 3.63) is 58.9 Å². The van der Waals surface area contributed by atoms with Crippen LogP contribution in [0.25, 0.3) is 0 Å². The second kappa shape index (κ2) is 5.08. The molecule has 0 atom stereocenters. The Hall–Kier alpha value is -2.03. The quantitative estimate of drug-likeness (QED) is 0.863.